The molecule has 6 heteroatoms. The highest BCUT2D eigenvalue weighted by Crippen LogP contribution is 2.34. The predicted octanol–water partition coefficient (Wildman–Crippen LogP) is 4.92. The van der Waals surface area contributed by atoms with Gasteiger partial charge in [-0.15, -0.1) is 11.3 Å². The Labute approximate surface area is 129 Å². The summed E-state index contributed by atoms with van der Waals surface area (Å²) in [4.78, 5) is 4.31. The van der Waals surface area contributed by atoms with Crippen LogP contribution in [0, 0.1) is 0 Å². The van der Waals surface area contributed by atoms with Crippen LogP contribution in [0.25, 0.3) is 10.2 Å². The molecule has 2 aromatic carbocycles. The highest BCUT2D eigenvalue weighted by atomic mass is 35.5. The smallest absolute Gasteiger partial charge is 0.122 e. The van der Waals surface area contributed by atoms with Gasteiger partial charge < -0.3 is 10.4 Å². The van der Waals surface area contributed by atoms with E-state index in [4.69, 9.17) is 23.2 Å². The Morgan fingerprint density at radius 3 is 2.80 bits per heavy atom. The van der Waals surface area contributed by atoms with Crippen molar-refractivity contribution in [2.45, 2.75) is 6.54 Å². The number of benzene rings is 2. The van der Waals surface area contributed by atoms with E-state index in [0.717, 1.165) is 15.9 Å². The molecule has 0 unspecified atom stereocenters. The van der Waals surface area contributed by atoms with Gasteiger partial charge in [-0.25, -0.2) is 4.98 Å². The quantitative estimate of drug-likeness (QED) is 0.718. The number of rotatable bonds is 3. The predicted molar refractivity (Wildman–Crippen MR) is 85.1 cm³/mol. The Morgan fingerprint density at radius 1 is 1.15 bits per heavy atom. The van der Waals surface area contributed by atoms with Gasteiger partial charge in [-0.2, -0.15) is 0 Å². The number of phenols is 1. The maximum Gasteiger partial charge on any atom is 0.122 e. The average molecular weight is 325 g/mol. The van der Waals surface area contributed by atoms with Crippen molar-refractivity contribution in [1.82, 2.24) is 4.98 Å². The number of hydrogen-bond donors (Lipinski definition) is 2. The van der Waals surface area contributed by atoms with Crippen LogP contribution in [-0.4, -0.2) is 10.1 Å². The molecule has 3 nitrogen and oxygen atoms in total. The molecule has 0 saturated carbocycles. The molecule has 20 heavy (non-hydrogen) atoms. The average Bonchev–Trinajstić information content (AvgIpc) is 2.88. The highest BCUT2D eigenvalue weighted by Gasteiger charge is 2.11. The first-order valence-corrected chi connectivity index (χ1v) is 7.52. The number of halogens is 2. The number of phenolic OH excluding ortho intramolecular Hbond substituents is 1. The zero-order valence-corrected chi connectivity index (χ0v) is 12.6. The molecule has 0 aliphatic rings. The zero-order valence-electron chi connectivity index (χ0n) is 10.2. The van der Waals surface area contributed by atoms with Crippen molar-refractivity contribution in [1.29, 1.82) is 0 Å². The van der Waals surface area contributed by atoms with Gasteiger partial charge in [-0.3, -0.25) is 0 Å². The first-order chi connectivity index (χ1) is 9.66. The van der Waals surface area contributed by atoms with Crippen molar-refractivity contribution >= 4 is 50.4 Å². The molecule has 0 aliphatic heterocycles. The molecule has 0 radical (unpaired) electrons. The maximum absolute atomic E-state index is 9.84. The molecule has 0 spiro atoms. The lowest BCUT2D eigenvalue weighted by Crippen LogP contribution is -2.01. The van der Waals surface area contributed by atoms with Crippen molar-refractivity contribution in [3.05, 3.63) is 51.5 Å². The van der Waals surface area contributed by atoms with Gasteiger partial charge in [-0.1, -0.05) is 29.3 Å². The SMILES string of the molecule is Oc1cccc(Cl)c1CNc1c(Cl)ccc2scnc12. The highest BCUT2D eigenvalue weighted by molar-refractivity contribution is 7.16. The fourth-order valence-corrected chi connectivity index (χ4v) is 3.11. The van der Waals surface area contributed by atoms with Crippen molar-refractivity contribution in [2.24, 2.45) is 0 Å². The molecule has 3 rings (SSSR count). The van der Waals surface area contributed by atoms with E-state index < -0.39 is 0 Å². The Hall–Kier alpha value is -1.49. The van der Waals surface area contributed by atoms with Crippen molar-refractivity contribution in [3.8, 4) is 5.75 Å². The number of aromatic nitrogens is 1. The van der Waals surface area contributed by atoms with Gasteiger partial charge in [0.05, 0.1) is 20.9 Å². The monoisotopic (exact) mass is 324 g/mol. The van der Waals surface area contributed by atoms with Crippen LogP contribution in [0.5, 0.6) is 5.75 Å². The first-order valence-electron chi connectivity index (χ1n) is 5.89. The molecule has 0 atom stereocenters. The summed E-state index contributed by atoms with van der Waals surface area (Å²) in [6.45, 7) is 0.377. The maximum atomic E-state index is 9.84. The minimum absolute atomic E-state index is 0.159. The molecule has 0 aliphatic carbocycles. The number of nitrogens with one attached hydrogen (secondary N) is 1. The lowest BCUT2D eigenvalue weighted by molar-refractivity contribution is 0.469. The summed E-state index contributed by atoms with van der Waals surface area (Å²) in [7, 11) is 0. The largest absolute Gasteiger partial charge is 0.508 e. The second-order valence-corrected chi connectivity index (χ2v) is 5.91. The molecule has 0 bridgehead atoms. The summed E-state index contributed by atoms with van der Waals surface area (Å²) in [6, 6.07) is 8.82. The number of hydrogen-bond acceptors (Lipinski definition) is 4. The van der Waals surface area contributed by atoms with Crippen LogP contribution >= 0.6 is 34.5 Å². The summed E-state index contributed by atoms with van der Waals surface area (Å²) < 4.78 is 1.06. The van der Waals surface area contributed by atoms with Gasteiger partial charge in [0, 0.05) is 17.1 Å². The third-order valence-electron chi connectivity index (χ3n) is 2.99. The van der Waals surface area contributed by atoms with E-state index >= 15 is 0 Å². The van der Waals surface area contributed by atoms with E-state index in [1.54, 1.807) is 35.0 Å². The van der Waals surface area contributed by atoms with Crippen LogP contribution in [0.2, 0.25) is 10.0 Å². The minimum Gasteiger partial charge on any atom is -0.508 e. The van der Waals surface area contributed by atoms with Gasteiger partial charge in [0.25, 0.3) is 0 Å². The van der Waals surface area contributed by atoms with Crippen molar-refractivity contribution in [3.63, 3.8) is 0 Å². The Bertz CT molecular complexity index is 753. The molecular weight excluding hydrogens is 315 g/mol. The molecule has 1 heterocycles. The van der Waals surface area contributed by atoms with Gasteiger partial charge in [-0.05, 0) is 24.3 Å². The van der Waals surface area contributed by atoms with Crippen LogP contribution in [-0.2, 0) is 6.54 Å². The number of nitrogens with zero attached hydrogens (tertiary/aromatic N) is 1. The fourth-order valence-electron chi connectivity index (χ4n) is 1.97. The molecule has 2 N–H and O–H groups in total. The molecular formula is C14H10Cl2N2OS. The standard InChI is InChI=1S/C14H10Cl2N2OS/c15-9-2-1-3-11(19)8(9)6-17-13-10(16)4-5-12-14(13)18-7-20-12/h1-5,7,17,19H,6H2. The number of fused-ring (bicyclic) bond motifs is 1. The van der Waals surface area contributed by atoms with Gasteiger partial charge in [0.15, 0.2) is 0 Å². The van der Waals surface area contributed by atoms with E-state index in [9.17, 15) is 5.11 Å². The number of thiazole rings is 1. The summed E-state index contributed by atoms with van der Waals surface area (Å²) in [5.74, 6) is 0.159. The zero-order chi connectivity index (χ0) is 14.1. The summed E-state index contributed by atoms with van der Waals surface area (Å²) in [5, 5.41) is 14.2. The van der Waals surface area contributed by atoms with Gasteiger partial charge >= 0.3 is 0 Å². The molecule has 0 fully saturated rings. The third kappa shape index (κ3) is 2.42. The van der Waals surface area contributed by atoms with Gasteiger partial charge in [0.1, 0.15) is 11.3 Å². The van der Waals surface area contributed by atoms with E-state index in [1.807, 2.05) is 12.1 Å². The van der Waals surface area contributed by atoms with E-state index in [0.29, 0.717) is 22.2 Å². The molecule has 3 aromatic rings. The molecule has 0 saturated heterocycles. The van der Waals surface area contributed by atoms with E-state index in [-0.39, 0.29) is 5.75 Å². The van der Waals surface area contributed by atoms with Gasteiger partial charge in [0.2, 0.25) is 0 Å². The van der Waals surface area contributed by atoms with Crippen LogP contribution in [0.15, 0.2) is 35.8 Å². The van der Waals surface area contributed by atoms with Crippen molar-refractivity contribution < 1.29 is 5.11 Å². The second-order valence-electron chi connectivity index (χ2n) is 4.21. The lowest BCUT2D eigenvalue weighted by Gasteiger charge is -2.11. The van der Waals surface area contributed by atoms with E-state index in [2.05, 4.69) is 10.3 Å². The third-order valence-corrected chi connectivity index (χ3v) is 4.45. The number of aromatic hydroxyl groups is 1. The first kappa shape index (κ1) is 13.5. The molecule has 102 valence electrons. The Balaban J connectivity index is 1.94. The van der Waals surface area contributed by atoms with Crippen LogP contribution in [0.4, 0.5) is 5.69 Å². The van der Waals surface area contributed by atoms with Crippen LogP contribution < -0.4 is 5.32 Å². The minimum atomic E-state index is 0.159. The van der Waals surface area contributed by atoms with Crippen LogP contribution in [0.3, 0.4) is 0 Å². The summed E-state index contributed by atoms with van der Waals surface area (Å²) in [5.41, 5.74) is 4.00. The lowest BCUT2D eigenvalue weighted by atomic mass is 10.2. The second kappa shape index (κ2) is 5.48. The van der Waals surface area contributed by atoms with Crippen molar-refractivity contribution in [2.75, 3.05) is 5.32 Å². The van der Waals surface area contributed by atoms with Crippen LogP contribution in [0.1, 0.15) is 5.56 Å². The number of anilines is 1. The summed E-state index contributed by atoms with van der Waals surface area (Å²) in [6.07, 6.45) is 0. The fraction of sp³-hybridized carbons (Fsp3) is 0.0714. The Kier molecular flexibility index (Phi) is 3.70. The molecule has 1 aromatic heterocycles. The summed E-state index contributed by atoms with van der Waals surface area (Å²) >= 11 is 13.9. The molecule has 0 amide bonds. The van der Waals surface area contributed by atoms with E-state index in [1.165, 1.54) is 0 Å². The normalized spacial score (nSPS) is 10.9. The topological polar surface area (TPSA) is 45.1 Å². The Morgan fingerprint density at radius 2 is 2.00 bits per heavy atom.